The number of aliphatic hydroxyl groups excluding tert-OH is 1. The number of nitrogens with zero attached hydrogens (tertiary/aromatic N) is 1. The van der Waals surface area contributed by atoms with Crippen LogP contribution < -0.4 is 5.32 Å². The van der Waals surface area contributed by atoms with E-state index in [2.05, 4.69) is 51.8 Å². The molecule has 1 rings (SSSR count). The molecule has 2 unspecified atom stereocenters. The number of hydrogen-bond donors (Lipinski definition) is 2. The molecule has 0 bridgehead atoms. The number of aromatic nitrogens is 1. The van der Waals surface area contributed by atoms with Crippen molar-refractivity contribution < 1.29 is 19.1 Å². The van der Waals surface area contributed by atoms with Crippen LogP contribution in [-0.2, 0) is 14.0 Å². The highest BCUT2D eigenvalue weighted by Crippen LogP contribution is 2.42. The standard InChI is InChI=1S/C21H38N2O4Si/c1-14(2)28(15(3)4,16(5)6)27-12-18(8)26-13-19(24)21(25)23-20-10-9-17(7)11-22-20/h9-11,14-16,18-19,24H,12-13H2,1-8H3,(H,22,23,25). The smallest absolute Gasteiger partial charge is 0.256 e. The van der Waals surface area contributed by atoms with Crippen LogP contribution in [0.3, 0.4) is 0 Å². The van der Waals surface area contributed by atoms with Gasteiger partial charge >= 0.3 is 0 Å². The van der Waals surface area contributed by atoms with Gasteiger partial charge in [0.05, 0.1) is 19.3 Å². The SMILES string of the molecule is Cc1ccc(NC(=O)C(O)COC(C)CO[Si](C(C)C)(C(C)C)C(C)C)nc1. The maximum absolute atomic E-state index is 12.1. The Morgan fingerprint density at radius 2 is 1.64 bits per heavy atom. The highest BCUT2D eigenvalue weighted by atomic mass is 28.4. The molecule has 1 heterocycles. The summed E-state index contributed by atoms with van der Waals surface area (Å²) in [5.74, 6) is -0.118. The molecule has 7 heteroatoms. The van der Waals surface area contributed by atoms with Gasteiger partial charge in [0.25, 0.3) is 5.91 Å². The van der Waals surface area contributed by atoms with Crippen molar-refractivity contribution in [2.24, 2.45) is 0 Å². The maximum Gasteiger partial charge on any atom is 0.256 e. The molecule has 0 saturated carbocycles. The van der Waals surface area contributed by atoms with Crippen LogP contribution in [0, 0.1) is 6.92 Å². The molecule has 0 aliphatic carbocycles. The van der Waals surface area contributed by atoms with E-state index >= 15 is 0 Å². The van der Waals surface area contributed by atoms with E-state index < -0.39 is 20.3 Å². The Bertz CT molecular complexity index is 583. The number of amides is 1. The highest BCUT2D eigenvalue weighted by Gasteiger charge is 2.45. The number of ether oxygens (including phenoxy) is 1. The minimum absolute atomic E-state index is 0.0815. The van der Waals surface area contributed by atoms with Gasteiger partial charge in [-0.1, -0.05) is 47.6 Å². The predicted molar refractivity (Wildman–Crippen MR) is 116 cm³/mol. The van der Waals surface area contributed by atoms with Crippen LogP contribution >= 0.6 is 0 Å². The third-order valence-electron chi connectivity index (χ3n) is 5.28. The number of anilines is 1. The molecule has 0 fully saturated rings. The average Bonchev–Trinajstić information content (AvgIpc) is 2.61. The van der Waals surface area contributed by atoms with Gasteiger partial charge in [-0.25, -0.2) is 4.98 Å². The maximum atomic E-state index is 12.1. The van der Waals surface area contributed by atoms with E-state index in [1.54, 1.807) is 12.3 Å². The summed E-state index contributed by atoms with van der Waals surface area (Å²) in [6, 6.07) is 3.55. The Hall–Kier alpha value is -1.28. The van der Waals surface area contributed by atoms with Crippen LogP contribution in [0.25, 0.3) is 0 Å². The molecule has 160 valence electrons. The number of carbonyl (C=O) groups excluding carboxylic acids is 1. The number of rotatable bonds is 11. The second-order valence-corrected chi connectivity index (χ2v) is 14.0. The lowest BCUT2D eigenvalue weighted by Gasteiger charge is -2.42. The topological polar surface area (TPSA) is 80.7 Å². The fourth-order valence-corrected chi connectivity index (χ4v) is 9.42. The molecule has 28 heavy (non-hydrogen) atoms. The molecule has 0 saturated heterocycles. The Morgan fingerprint density at radius 3 is 2.11 bits per heavy atom. The molecule has 0 radical (unpaired) electrons. The van der Waals surface area contributed by atoms with E-state index in [0.717, 1.165) is 5.56 Å². The van der Waals surface area contributed by atoms with Gasteiger partial charge in [0, 0.05) is 6.20 Å². The molecule has 0 aliphatic rings. The monoisotopic (exact) mass is 410 g/mol. The quantitative estimate of drug-likeness (QED) is 0.532. The summed E-state index contributed by atoms with van der Waals surface area (Å²) in [6.07, 6.45) is 0.197. The van der Waals surface area contributed by atoms with Crippen molar-refractivity contribution in [3.05, 3.63) is 23.9 Å². The molecular formula is C21H38N2O4Si. The minimum atomic E-state index is -1.95. The fraction of sp³-hybridized carbons (Fsp3) is 0.714. The van der Waals surface area contributed by atoms with Gasteiger partial charge in [-0.05, 0) is 42.1 Å². The Morgan fingerprint density at radius 1 is 1.07 bits per heavy atom. The van der Waals surface area contributed by atoms with Crippen molar-refractivity contribution in [1.29, 1.82) is 0 Å². The van der Waals surface area contributed by atoms with Crippen LogP contribution in [0.4, 0.5) is 5.82 Å². The first-order chi connectivity index (χ1) is 13.0. The number of aryl methyl sites for hydroxylation is 1. The molecule has 6 nitrogen and oxygen atoms in total. The van der Waals surface area contributed by atoms with Crippen molar-refractivity contribution in [3.8, 4) is 0 Å². The van der Waals surface area contributed by atoms with Crippen molar-refractivity contribution in [2.75, 3.05) is 18.5 Å². The predicted octanol–water partition coefficient (Wildman–Crippen LogP) is 4.29. The van der Waals surface area contributed by atoms with Gasteiger partial charge in [-0.3, -0.25) is 4.79 Å². The number of aliphatic hydroxyl groups is 1. The normalized spacial score (nSPS) is 14.6. The summed E-state index contributed by atoms with van der Waals surface area (Å²) < 4.78 is 12.2. The van der Waals surface area contributed by atoms with Gasteiger partial charge < -0.3 is 19.6 Å². The lowest BCUT2D eigenvalue weighted by atomic mass is 10.3. The zero-order chi connectivity index (χ0) is 21.5. The largest absolute Gasteiger partial charge is 0.413 e. The van der Waals surface area contributed by atoms with Crippen LogP contribution in [0.1, 0.15) is 54.0 Å². The van der Waals surface area contributed by atoms with Crippen LogP contribution in [-0.4, -0.2) is 49.7 Å². The van der Waals surface area contributed by atoms with E-state index in [9.17, 15) is 9.90 Å². The first-order valence-corrected chi connectivity index (χ1v) is 12.3. The minimum Gasteiger partial charge on any atom is -0.413 e. The summed E-state index contributed by atoms with van der Waals surface area (Å²) in [5.41, 5.74) is 2.49. The third kappa shape index (κ3) is 6.65. The summed E-state index contributed by atoms with van der Waals surface area (Å²) in [6.45, 7) is 17.7. The molecular weight excluding hydrogens is 372 g/mol. The zero-order valence-corrected chi connectivity index (χ0v) is 19.7. The second kappa shape index (κ2) is 11.0. The Kier molecular flexibility index (Phi) is 9.76. The van der Waals surface area contributed by atoms with E-state index in [-0.39, 0.29) is 12.7 Å². The number of carbonyl (C=O) groups is 1. The van der Waals surface area contributed by atoms with E-state index in [4.69, 9.17) is 9.16 Å². The molecule has 0 spiro atoms. The van der Waals surface area contributed by atoms with Crippen LogP contribution in [0.2, 0.25) is 16.6 Å². The molecule has 0 aromatic carbocycles. The molecule has 0 aliphatic heterocycles. The summed E-state index contributed by atoms with van der Waals surface area (Å²) in [7, 11) is -1.95. The number of pyridine rings is 1. The Balaban J connectivity index is 2.53. The lowest BCUT2D eigenvalue weighted by Crippen LogP contribution is -2.49. The van der Waals surface area contributed by atoms with Crippen molar-refractivity contribution in [3.63, 3.8) is 0 Å². The summed E-state index contributed by atoms with van der Waals surface area (Å²) in [5, 5.41) is 12.7. The molecule has 1 aromatic heterocycles. The molecule has 1 amide bonds. The van der Waals surface area contributed by atoms with Crippen molar-refractivity contribution >= 4 is 20.0 Å². The summed E-state index contributed by atoms with van der Waals surface area (Å²) in [4.78, 5) is 16.2. The lowest BCUT2D eigenvalue weighted by molar-refractivity contribution is -0.128. The van der Waals surface area contributed by atoms with E-state index in [1.165, 1.54) is 0 Å². The highest BCUT2D eigenvalue weighted by molar-refractivity contribution is 6.77. The van der Waals surface area contributed by atoms with Crippen LogP contribution in [0.15, 0.2) is 18.3 Å². The third-order valence-corrected chi connectivity index (χ3v) is 11.4. The molecule has 2 N–H and O–H groups in total. The van der Waals surface area contributed by atoms with Gasteiger partial charge in [-0.2, -0.15) is 0 Å². The van der Waals surface area contributed by atoms with Crippen molar-refractivity contribution in [1.82, 2.24) is 4.98 Å². The van der Waals surface area contributed by atoms with Gasteiger partial charge in [0.15, 0.2) is 14.4 Å². The van der Waals surface area contributed by atoms with Crippen molar-refractivity contribution in [2.45, 2.75) is 84.2 Å². The first kappa shape index (κ1) is 24.8. The van der Waals surface area contributed by atoms with Gasteiger partial charge in [0.1, 0.15) is 5.82 Å². The van der Waals surface area contributed by atoms with Gasteiger partial charge in [0.2, 0.25) is 0 Å². The van der Waals surface area contributed by atoms with E-state index in [1.807, 2.05) is 19.9 Å². The van der Waals surface area contributed by atoms with E-state index in [0.29, 0.717) is 29.0 Å². The second-order valence-electron chi connectivity index (χ2n) is 8.50. The number of hydrogen-bond acceptors (Lipinski definition) is 5. The number of nitrogens with one attached hydrogen (secondary N) is 1. The van der Waals surface area contributed by atoms with Crippen LogP contribution in [0.5, 0.6) is 0 Å². The van der Waals surface area contributed by atoms with Gasteiger partial charge in [-0.15, -0.1) is 0 Å². The summed E-state index contributed by atoms with van der Waals surface area (Å²) >= 11 is 0. The average molecular weight is 411 g/mol. The molecule has 1 aromatic rings. The first-order valence-electron chi connectivity index (χ1n) is 10.2. The Labute approximate surface area is 171 Å². The fourth-order valence-electron chi connectivity index (χ4n) is 3.89. The molecule has 2 atom stereocenters. The zero-order valence-electron chi connectivity index (χ0n) is 18.7.